The molecule has 0 saturated carbocycles. The van der Waals surface area contributed by atoms with Crippen molar-refractivity contribution in [1.82, 2.24) is 10.2 Å². The van der Waals surface area contributed by atoms with Gasteiger partial charge in [0.1, 0.15) is 0 Å². The van der Waals surface area contributed by atoms with Crippen LogP contribution in [0.3, 0.4) is 0 Å². The Labute approximate surface area is 112 Å². The lowest BCUT2D eigenvalue weighted by Crippen LogP contribution is -2.45. The lowest BCUT2D eigenvalue weighted by atomic mass is 9.94. The van der Waals surface area contributed by atoms with Crippen LogP contribution in [0, 0.1) is 5.92 Å². The van der Waals surface area contributed by atoms with Crippen molar-refractivity contribution in [2.24, 2.45) is 5.92 Å². The van der Waals surface area contributed by atoms with Crippen LogP contribution in [0.25, 0.3) is 0 Å². The summed E-state index contributed by atoms with van der Waals surface area (Å²) in [6.45, 7) is 10.4. The molecule has 3 nitrogen and oxygen atoms in total. The molecule has 2 atom stereocenters. The second-order valence-electron chi connectivity index (χ2n) is 6.03. The fraction of sp³-hybridized carbons (Fsp3) is 1.00. The minimum Gasteiger partial charge on any atom is -0.377 e. The van der Waals surface area contributed by atoms with Gasteiger partial charge in [0.05, 0.1) is 6.10 Å². The minimum atomic E-state index is 0.475. The summed E-state index contributed by atoms with van der Waals surface area (Å²) in [5, 5.41) is 3.58. The SMILES string of the molecule is CCC1CCN(C(C)CNCC2CCCO2)CC1. The monoisotopic (exact) mass is 254 g/mol. The number of rotatable bonds is 6. The van der Waals surface area contributed by atoms with Crippen LogP contribution < -0.4 is 5.32 Å². The lowest BCUT2D eigenvalue weighted by Gasteiger charge is -2.36. The fourth-order valence-corrected chi connectivity index (χ4v) is 3.19. The van der Waals surface area contributed by atoms with Crippen molar-refractivity contribution in [3.8, 4) is 0 Å². The Bertz CT molecular complexity index is 221. The molecule has 0 radical (unpaired) electrons. The largest absolute Gasteiger partial charge is 0.377 e. The molecule has 2 saturated heterocycles. The van der Waals surface area contributed by atoms with E-state index in [9.17, 15) is 0 Å². The quantitative estimate of drug-likeness (QED) is 0.787. The van der Waals surface area contributed by atoms with E-state index in [4.69, 9.17) is 4.74 Å². The zero-order valence-corrected chi connectivity index (χ0v) is 12.2. The highest BCUT2D eigenvalue weighted by Crippen LogP contribution is 2.21. The van der Waals surface area contributed by atoms with E-state index in [1.54, 1.807) is 0 Å². The number of ether oxygens (including phenoxy) is 1. The number of likely N-dealkylation sites (tertiary alicyclic amines) is 1. The van der Waals surface area contributed by atoms with Crippen LogP contribution in [-0.2, 0) is 4.74 Å². The van der Waals surface area contributed by atoms with Crippen molar-refractivity contribution >= 4 is 0 Å². The summed E-state index contributed by atoms with van der Waals surface area (Å²) in [5.41, 5.74) is 0. The number of hydrogen-bond acceptors (Lipinski definition) is 3. The highest BCUT2D eigenvalue weighted by Gasteiger charge is 2.22. The second-order valence-corrected chi connectivity index (χ2v) is 6.03. The van der Waals surface area contributed by atoms with Crippen molar-refractivity contribution in [2.45, 2.75) is 58.1 Å². The molecule has 2 heterocycles. The average Bonchev–Trinajstić information content (AvgIpc) is 2.92. The number of hydrogen-bond donors (Lipinski definition) is 1. The van der Waals surface area contributed by atoms with Crippen LogP contribution >= 0.6 is 0 Å². The number of piperidine rings is 1. The van der Waals surface area contributed by atoms with Crippen molar-refractivity contribution < 1.29 is 4.74 Å². The van der Waals surface area contributed by atoms with Crippen LogP contribution in [0.5, 0.6) is 0 Å². The van der Waals surface area contributed by atoms with Crippen molar-refractivity contribution in [3.63, 3.8) is 0 Å². The molecule has 2 unspecified atom stereocenters. The van der Waals surface area contributed by atoms with E-state index in [2.05, 4.69) is 24.1 Å². The average molecular weight is 254 g/mol. The van der Waals surface area contributed by atoms with E-state index in [-0.39, 0.29) is 0 Å². The van der Waals surface area contributed by atoms with Gasteiger partial charge in [-0.2, -0.15) is 0 Å². The van der Waals surface area contributed by atoms with Gasteiger partial charge >= 0.3 is 0 Å². The van der Waals surface area contributed by atoms with Crippen LogP contribution in [0.1, 0.15) is 46.0 Å². The van der Waals surface area contributed by atoms with Crippen molar-refractivity contribution in [2.75, 3.05) is 32.8 Å². The summed E-state index contributed by atoms with van der Waals surface area (Å²) < 4.78 is 5.63. The molecule has 2 aliphatic rings. The predicted molar refractivity (Wildman–Crippen MR) is 75.9 cm³/mol. The van der Waals surface area contributed by atoms with Gasteiger partial charge in [0, 0.05) is 25.7 Å². The standard InChI is InChI=1S/C15H30N2O/c1-3-14-6-8-17(9-7-14)13(2)11-16-12-15-5-4-10-18-15/h13-16H,3-12H2,1-2H3. The number of nitrogens with zero attached hydrogens (tertiary/aromatic N) is 1. The Hall–Kier alpha value is -0.120. The molecule has 0 bridgehead atoms. The molecule has 18 heavy (non-hydrogen) atoms. The molecule has 1 N–H and O–H groups in total. The van der Waals surface area contributed by atoms with Crippen LogP contribution in [0.15, 0.2) is 0 Å². The molecular weight excluding hydrogens is 224 g/mol. The molecule has 0 aromatic carbocycles. The maximum Gasteiger partial charge on any atom is 0.0700 e. The Balaban J connectivity index is 1.58. The zero-order valence-electron chi connectivity index (χ0n) is 12.2. The molecule has 0 aliphatic carbocycles. The highest BCUT2D eigenvalue weighted by atomic mass is 16.5. The van der Waals surface area contributed by atoms with Gasteiger partial charge in [-0.3, -0.25) is 4.90 Å². The maximum absolute atomic E-state index is 5.63. The van der Waals surface area contributed by atoms with E-state index in [0.717, 1.165) is 25.6 Å². The first-order valence-electron chi connectivity index (χ1n) is 7.86. The molecule has 2 aliphatic heterocycles. The maximum atomic E-state index is 5.63. The normalized spacial score (nSPS) is 28.7. The predicted octanol–water partition coefficient (Wildman–Crippen LogP) is 2.27. The van der Waals surface area contributed by atoms with Crippen LogP contribution in [0.4, 0.5) is 0 Å². The molecule has 0 aromatic heterocycles. The van der Waals surface area contributed by atoms with Gasteiger partial charge in [0.25, 0.3) is 0 Å². The van der Waals surface area contributed by atoms with Gasteiger partial charge in [-0.1, -0.05) is 13.3 Å². The van der Waals surface area contributed by atoms with Crippen molar-refractivity contribution in [1.29, 1.82) is 0 Å². The fourth-order valence-electron chi connectivity index (χ4n) is 3.19. The molecule has 106 valence electrons. The molecule has 2 fully saturated rings. The topological polar surface area (TPSA) is 24.5 Å². The van der Waals surface area contributed by atoms with E-state index in [1.807, 2.05) is 0 Å². The molecule has 2 rings (SSSR count). The van der Waals surface area contributed by atoms with Gasteiger partial charge in [-0.15, -0.1) is 0 Å². The van der Waals surface area contributed by atoms with Crippen LogP contribution in [-0.4, -0.2) is 49.8 Å². The van der Waals surface area contributed by atoms with Gasteiger partial charge < -0.3 is 10.1 Å². The first kappa shape index (κ1) is 14.3. The Morgan fingerprint density at radius 2 is 2.06 bits per heavy atom. The Morgan fingerprint density at radius 3 is 2.67 bits per heavy atom. The van der Waals surface area contributed by atoms with Gasteiger partial charge in [-0.25, -0.2) is 0 Å². The highest BCUT2D eigenvalue weighted by molar-refractivity contribution is 4.78. The number of nitrogens with one attached hydrogen (secondary N) is 1. The minimum absolute atomic E-state index is 0.475. The smallest absolute Gasteiger partial charge is 0.0700 e. The summed E-state index contributed by atoms with van der Waals surface area (Å²) in [6.07, 6.45) is 7.11. The lowest BCUT2D eigenvalue weighted by molar-refractivity contribution is 0.103. The third kappa shape index (κ3) is 4.22. The zero-order chi connectivity index (χ0) is 12.8. The van der Waals surface area contributed by atoms with E-state index in [0.29, 0.717) is 12.1 Å². The summed E-state index contributed by atoms with van der Waals surface area (Å²) in [4.78, 5) is 2.65. The van der Waals surface area contributed by atoms with Gasteiger partial charge in [0.2, 0.25) is 0 Å². The van der Waals surface area contributed by atoms with Crippen LogP contribution in [0.2, 0.25) is 0 Å². The second kappa shape index (κ2) is 7.46. The Morgan fingerprint density at radius 1 is 1.28 bits per heavy atom. The summed E-state index contributed by atoms with van der Waals surface area (Å²) >= 11 is 0. The summed E-state index contributed by atoms with van der Waals surface area (Å²) in [6, 6.07) is 0.671. The van der Waals surface area contributed by atoms with Crippen molar-refractivity contribution in [3.05, 3.63) is 0 Å². The Kier molecular flexibility index (Phi) is 5.93. The van der Waals surface area contributed by atoms with E-state index < -0.39 is 0 Å². The first-order chi connectivity index (χ1) is 8.79. The molecule has 0 spiro atoms. The molecular formula is C15H30N2O. The third-order valence-electron chi connectivity index (χ3n) is 4.69. The molecule has 0 aromatic rings. The summed E-state index contributed by atoms with van der Waals surface area (Å²) in [5.74, 6) is 0.980. The van der Waals surface area contributed by atoms with E-state index >= 15 is 0 Å². The first-order valence-corrected chi connectivity index (χ1v) is 7.86. The van der Waals surface area contributed by atoms with Gasteiger partial charge in [0.15, 0.2) is 0 Å². The summed E-state index contributed by atoms with van der Waals surface area (Å²) in [7, 11) is 0. The molecule has 0 amide bonds. The third-order valence-corrected chi connectivity index (χ3v) is 4.69. The van der Waals surface area contributed by atoms with Gasteiger partial charge in [-0.05, 0) is 51.6 Å². The molecule has 3 heteroatoms. The van der Waals surface area contributed by atoms with E-state index in [1.165, 1.54) is 45.2 Å².